The number of hydrogen-bond donors (Lipinski definition) is 4. The third-order valence-electron chi connectivity index (χ3n) is 5.06. The van der Waals surface area contributed by atoms with Crippen molar-refractivity contribution in [1.82, 2.24) is 15.0 Å². The Morgan fingerprint density at radius 1 is 1.07 bits per heavy atom. The Morgan fingerprint density at radius 3 is 2.50 bits per heavy atom. The van der Waals surface area contributed by atoms with Gasteiger partial charge in [-0.2, -0.15) is 0 Å². The summed E-state index contributed by atoms with van der Waals surface area (Å²) >= 11 is 0. The van der Waals surface area contributed by atoms with Gasteiger partial charge in [0, 0.05) is 49.5 Å². The van der Waals surface area contributed by atoms with Gasteiger partial charge in [0.1, 0.15) is 17.4 Å². The van der Waals surface area contributed by atoms with Crippen LogP contribution in [-0.2, 0) is 0 Å². The van der Waals surface area contributed by atoms with Crippen LogP contribution in [0.3, 0.4) is 0 Å². The fourth-order valence-corrected chi connectivity index (χ4v) is 3.50. The molecule has 9 heteroatoms. The van der Waals surface area contributed by atoms with Crippen molar-refractivity contribution in [1.29, 1.82) is 0 Å². The number of rotatable bonds is 6. The molecule has 3 heterocycles. The molecule has 0 saturated carbocycles. The first-order valence-corrected chi connectivity index (χ1v) is 9.72. The Labute approximate surface area is 174 Å². The zero-order valence-corrected chi connectivity index (χ0v) is 16.3. The maximum absolute atomic E-state index is 11.9. The molecule has 30 heavy (non-hydrogen) atoms. The van der Waals surface area contributed by atoms with Crippen LogP contribution >= 0.6 is 0 Å². The van der Waals surface area contributed by atoms with Crippen molar-refractivity contribution in [2.45, 2.75) is 18.9 Å². The van der Waals surface area contributed by atoms with E-state index in [9.17, 15) is 9.90 Å². The van der Waals surface area contributed by atoms with Crippen LogP contribution in [0.1, 0.15) is 23.2 Å². The minimum Gasteiger partial charge on any atom is -0.508 e. The van der Waals surface area contributed by atoms with E-state index in [-0.39, 0.29) is 11.8 Å². The maximum Gasteiger partial charge on any atom is 0.252 e. The van der Waals surface area contributed by atoms with Gasteiger partial charge >= 0.3 is 0 Å². The molecule has 2 aromatic heterocycles. The largest absolute Gasteiger partial charge is 0.508 e. The van der Waals surface area contributed by atoms with Crippen LogP contribution in [0.25, 0.3) is 0 Å². The number of carbonyl (C=O) groups is 1. The summed E-state index contributed by atoms with van der Waals surface area (Å²) in [5.41, 5.74) is 7.62. The van der Waals surface area contributed by atoms with Crippen LogP contribution in [0, 0.1) is 0 Å². The van der Waals surface area contributed by atoms with Crippen molar-refractivity contribution < 1.29 is 9.90 Å². The number of benzene rings is 1. The highest BCUT2D eigenvalue weighted by molar-refractivity contribution is 5.98. The van der Waals surface area contributed by atoms with Crippen LogP contribution in [0.4, 0.5) is 23.0 Å². The predicted octanol–water partition coefficient (Wildman–Crippen LogP) is 2.50. The highest BCUT2D eigenvalue weighted by Gasteiger charge is 2.21. The number of pyridine rings is 1. The number of nitrogens with two attached hydrogens (primary N) is 1. The molecular weight excluding hydrogens is 382 g/mol. The van der Waals surface area contributed by atoms with Crippen molar-refractivity contribution in [3.63, 3.8) is 0 Å². The standard InChI is InChI=1S/C21H23N7O2/c22-21(30)17-12-25-19(27-20-13-23-7-8-24-20)11-18(17)26-14-5-9-28(10-6-14)15-1-3-16(29)4-2-15/h1-4,7-8,11-14,29H,5-6,9-10H2,(H2,22,30)(H2,24,25,26,27). The van der Waals surface area contributed by atoms with Gasteiger partial charge in [-0.15, -0.1) is 0 Å². The summed E-state index contributed by atoms with van der Waals surface area (Å²) in [6, 6.07) is 9.19. The number of piperidine rings is 1. The number of carbonyl (C=O) groups excluding carboxylic acids is 1. The van der Waals surface area contributed by atoms with E-state index in [4.69, 9.17) is 5.73 Å². The Hall–Kier alpha value is -3.88. The number of nitrogens with one attached hydrogen (secondary N) is 2. The lowest BCUT2D eigenvalue weighted by Crippen LogP contribution is -2.39. The molecule has 0 radical (unpaired) electrons. The minimum absolute atomic E-state index is 0.197. The quantitative estimate of drug-likeness (QED) is 0.492. The summed E-state index contributed by atoms with van der Waals surface area (Å²) in [5.74, 6) is 0.838. The second-order valence-electron chi connectivity index (χ2n) is 7.12. The molecule has 1 saturated heterocycles. The van der Waals surface area contributed by atoms with Gasteiger partial charge in [0.05, 0.1) is 17.4 Å². The Bertz CT molecular complexity index is 1000. The number of aromatic nitrogens is 3. The van der Waals surface area contributed by atoms with E-state index in [1.165, 1.54) is 6.20 Å². The number of primary amides is 1. The van der Waals surface area contributed by atoms with Crippen molar-refractivity contribution in [2.75, 3.05) is 28.6 Å². The van der Waals surface area contributed by atoms with E-state index in [0.717, 1.165) is 31.6 Å². The second kappa shape index (κ2) is 8.64. The monoisotopic (exact) mass is 405 g/mol. The fraction of sp³-hybridized carbons (Fsp3) is 0.238. The lowest BCUT2D eigenvalue weighted by Gasteiger charge is -2.34. The average Bonchev–Trinajstić information content (AvgIpc) is 2.76. The third-order valence-corrected chi connectivity index (χ3v) is 5.06. The van der Waals surface area contributed by atoms with Gasteiger partial charge in [0.25, 0.3) is 5.91 Å². The van der Waals surface area contributed by atoms with Crippen LogP contribution in [0.2, 0.25) is 0 Å². The van der Waals surface area contributed by atoms with Gasteiger partial charge in [0.15, 0.2) is 0 Å². The summed E-state index contributed by atoms with van der Waals surface area (Å²) < 4.78 is 0. The summed E-state index contributed by atoms with van der Waals surface area (Å²) in [6.45, 7) is 1.73. The highest BCUT2D eigenvalue weighted by atomic mass is 16.3. The molecule has 4 rings (SSSR count). The molecule has 0 unspecified atom stereocenters. The molecule has 1 amide bonds. The molecule has 1 fully saturated rings. The zero-order valence-electron chi connectivity index (χ0n) is 16.3. The molecule has 0 atom stereocenters. The second-order valence-corrected chi connectivity index (χ2v) is 7.12. The number of amides is 1. The van der Waals surface area contributed by atoms with Gasteiger partial charge in [-0.25, -0.2) is 9.97 Å². The number of hydrogen-bond acceptors (Lipinski definition) is 8. The molecular formula is C21H23N7O2. The molecule has 5 N–H and O–H groups in total. The molecule has 1 aliphatic heterocycles. The third kappa shape index (κ3) is 4.57. The van der Waals surface area contributed by atoms with Crippen molar-refractivity contribution in [2.24, 2.45) is 5.73 Å². The van der Waals surface area contributed by atoms with E-state index in [0.29, 0.717) is 22.9 Å². The van der Waals surface area contributed by atoms with Gasteiger partial charge < -0.3 is 26.4 Å². The lowest BCUT2D eigenvalue weighted by atomic mass is 10.0. The molecule has 1 aliphatic rings. The number of anilines is 4. The minimum atomic E-state index is -0.530. The molecule has 154 valence electrons. The molecule has 3 aromatic rings. The lowest BCUT2D eigenvalue weighted by molar-refractivity contribution is 0.100. The highest BCUT2D eigenvalue weighted by Crippen LogP contribution is 2.26. The number of nitrogens with zero attached hydrogens (tertiary/aromatic N) is 4. The Balaban J connectivity index is 1.44. The molecule has 9 nitrogen and oxygen atoms in total. The van der Waals surface area contributed by atoms with Crippen LogP contribution < -0.4 is 21.3 Å². The molecule has 0 bridgehead atoms. The summed E-state index contributed by atoms with van der Waals surface area (Å²) in [7, 11) is 0. The van der Waals surface area contributed by atoms with Gasteiger partial charge in [0.2, 0.25) is 0 Å². The summed E-state index contributed by atoms with van der Waals surface area (Å²) in [6.07, 6.45) is 8.03. The fourth-order valence-electron chi connectivity index (χ4n) is 3.50. The van der Waals surface area contributed by atoms with E-state index < -0.39 is 5.91 Å². The zero-order chi connectivity index (χ0) is 20.9. The molecule has 0 spiro atoms. The van der Waals surface area contributed by atoms with E-state index in [1.807, 2.05) is 12.1 Å². The van der Waals surface area contributed by atoms with E-state index in [2.05, 4.69) is 30.5 Å². The first kappa shape index (κ1) is 19.4. The van der Waals surface area contributed by atoms with Crippen LogP contribution in [-0.4, -0.2) is 45.1 Å². The van der Waals surface area contributed by atoms with Crippen molar-refractivity contribution in [3.05, 3.63) is 60.7 Å². The first-order valence-electron chi connectivity index (χ1n) is 9.72. The van der Waals surface area contributed by atoms with Gasteiger partial charge in [-0.1, -0.05) is 0 Å². The van der Waals surface area contributed by atoms with E-state index >= 15 is 0 Å². The SMILES string of the molecule is NC(=O)c1cnc(Nc2cnccn2)cc1NC1CCN(c2ccc(O)cc2)CC1. The normalized spacial score (nSPS) is 14.3. The van der Waals surface area contributed by atoms with Crippen LogP contribution in [0.15, 0.2) is 55.1 Å². The van der Waals surface area contributed by atoms with Gasteiger partial charge in [-0.05, 0) is 37.1 Å². The number of aromatic hydroxyl groups is 1. The molecule has 0 aliphatic carbocycles. The predicted molar refractivity (Wildman–Crippen MR) is 115 cm³/mol. The van der Waals surface area contributed by atoms with E-state index in [1.54, 1.807) is 36.8 Å². The average molecular weight is 405 g/mol. The summed E-state index contributed by atoms with van der Waals surface area (Å²) in [4.78, 5) is 26.6. The smallest absolute Gasteiger partial charge is 0.252 e. The van der Waals surface area contributed by atoms with Crippen molar-refractivity contribution >= 4 is 28.9 Å². The maximum atomic E-state index is 11.9. The number of phenols is 1. The molecule has 1 aromatic carbocycles. The topological polar surface area (TPSA) is 129 Å². The Morgan fingerprint density at radius 2 is 1.83 bits per heavy atom. The Kier molecular flexibility index (Phi) is 5.60. The number of phenolic OH excluding ortho intramolecular Hbond substituents is 1. The van der Waals surface area contributed by atoms with Gasteiger partial charge in [-0.3, -0.25) is 9.78 Å². The summed E-state index contributed by atoms with van der Waals surface area (Å²) in [5, 5.41) is 16.0. The van der Waals surface area contributed by atoms with Crippen LogP contribution in [0.5, 0.6) is 5.75 Å². The first-order chi connectivity index (χ1) is 14.6. The van der Waals surface area contributed by atoms with Crippen molar-refractivity contribution in [3.8, 4) is 5.75 Å².